The van der Waals surface area contributed by atoms with Gasteiger partial charge in [0.15, 0.2) is 11.5 Å². The lowest BCUT2D eigenvalue weighted by Gasteiger charge is -2.15. The normalized spacial score (nSPS) is 11.6. The van der Waals surface area contributed by atoms with Crippen molar-refractivity contribution < 1.29 is 19.0 Å². The van der Waals surface area contributed by atoms with Gasteiger partial charge >= 0.3 is 0 Å². The zero-order valence-corrected chi connectivity index (χ0v) is 11.6. The Bertz CT molecular complexity index is 423. The second kappa shape index (κ2) is 6.84. The summed E-state index contributed by atoms with van der Waals surface area (Å²) in [6.07, 6.45) is 0. The molecule has 1 aromatic rings. The molecule has 0 heterocycles. The first-order valence-corrected chi connectivity index (χ1v) is 5.88. The minimum Gasteiger partial charge on any atom is -0.493 e. The highest BCUT2D eigenvalue weighted by atomic mass is 16.5. The van der Waals surface area contributed by atoms with Crippen LogP contribution in [0.3, 0.4) is 0 Å². The molecule has 0 aliphatic carbocycles. The molecule has 1 unspecified atom stereocenters. The molecule has 1 amide bonds. The van der Waals surface area contributed by atoms with Crippen LogP contribution in [0.15, 0.2) is 12.1 Å². The van der Waals surface area contributed by atoms with Crippen molar-refractivity contribution in [3.63, 3.8) is 0 Å². The standard InChI is InChI=1S/C13H20N2O4/c1-8(7-14)13(16)15-9-5-10(17-2)12(19-4)11(6-9)18-3/h5-6,8H,7,14H2,1-4H3,(H,15,16). The molecule has 6 heteroatoms. The summed E-state index contributed by atoms with van der Waals surface area (Å²) in [5.41, 5.74) is 6.02. The van der Waals surface area contributed by atoms with Gasteiger partial charge in [-0.15, -0.1) is 0 Å². The average Bonchev–Trinajstić information content (AvgIpc) is 2.44. The van der Waals surface area contributed by atoms with E-state index in [0.29, 0.717) is 22.9 Å². The molecule has 0 saturated heterocycles. The predicted octanol–water partition coefficient (Wildman–Crippen LogP) is 1.25. The summed E-state index contributed by atoms with van der Waals surface area (Å²) in [6, 6.07) is 3.34. The molecule has 3 N–H and O–H groups in total. The number of carbonyl (C=O) groups excluding carboxylic acids is 1. The fourth-order valence-corrected chi connectivity index (χ4v) is 1.53. The summed E-state index contributed by atoms with van der Waals surface area (Å²) in [7, 11) is 4.56. The Labute approximate surface area is 112 Å². The van der Waals surface area contributed by atoms with Crippen LogP contribution in [0.2, 0.25) is 0 Å². The van der Waals surface area contributed by atoms with Gasteiger partial charge < -0.3 is 25.3 Å². The SMILES string of the molecule is COc1cc(NC(=O)C(C)CN)cc(OC)c1OC. The molecule has 1 atom stereocenters. The van der Waals surface area contributed by atoms with Crippen molar-refractivity contribution in [2.45, 2.75) is 6.92 Å². The van der Waals surface area contributed by atoms with Crippen molar-refractivity contribution in [2.75, 3.05) is 33.2 Å². The van der Waals surface area contributed by atoms with Crippen LogP contribution >= 0.6 is 0 Å². The first kappa shape index (κ1) is 15.1. The van der Waals surface area contributed by atoms with Crippen molar-refractivity contribution in [3.05, 3.63) is 12.1 Å². The molecule has 6 nitrogen and oxygen atoms in total. The molecule has 0 aromatic heterocycles. The van der Waals surface area contributed by atoms with E-state index in [1.54, 1.807) is 19.1 Å². The van der Waals surface area contributed by atoms with Crippen molar-refractivity contribution in [1.29, 1.82) is 0 Å². The lowest BCUT2D eigenvalue weighted by atomic mass is 10.1. The molecule has 0 fully saturated rings. The van der Waals surface area contributed by atoms with Crippen LogP contribution in [-0.4, -0.2) is 33.8 Å². The summed E-state index contributed by atoms with van der Waals surface area (Å²) < 4.78 is 15.6. The van der Waals surface area contributed by atoms with Crippen LogP contribution in [0.4, 0.5) is 5.69 Å². The summed E-state index contributed by atoms with van der Waals surface area (Å²) in [4.78, 5) is 11.8. The number of hydrogen-bond donors (Lipinski definition) is 2. The van der Waals surface area contributed by atoms with Crippen LogP contribution in [0, 0.1) is 5.92 Å². The van der Waals surface area contributed by atoms with Gasteiger partial charge in [0, 0.05) is 30.3 Å². The highest BCUT2D eigenvalue weighted by Gasteiger charge is 2.16. The Morgan fingerprint density at radius 1 is 1.21 bits per heavy atom. The molecule has 0 spiro atoms. The first-order valence-electron chi connectivity index (χ1n) is 5.88. The fourth-order valence-electron chi connectivity index (χ4n) is 1.53. The fraction of sp³-hybridized carbons (Fsp3) is 0.462. The molecule has 0 aliphatic rings. The van der Waals surface area contributed by atoms with Crippen LogP contribution in [0.1, 0.15) is 6.92 Å². The van der Waals surface area contributed by atoms with Crippen LogP contribution in [0.5, 0.6) is 17.2 Å². The topological polar surface area (TPSA) is 82.8 Å². The van der Waals surface area contributed by atoms with Gasteiger partial charge in [-0.05, 0) is 0 Å². The monoisotopic (exact) mass is 268 g/mol. The molecular weight excluding hydrogens is 248 g/mol. The number of rotatable bonds is 6. The largest absolute Gasteiger partial charge is 0.493 e. The van der Waals surface area contributed by atoms with Crippen molar-refractivity contribution in [1.82, 2.24) is 0 Å². The second-order valence-electron chi connectivity index (χ2n) is 4.04. The Morgan fingerprint density at radius 2 is 1.74 bits per heavy atom. The molecule has 1 aromatic carbocycles. The Kier molecular flexibility index (Phi) is 5.44. The third kappa shape index (κ3) is 3.51. The van der Waals surface area contributed by atoms with Gasteiger partial charge in [-0.3, -0.25) is 4.79 Å². The van der Waals surface area contributed by atoms with Crippen LogP contribution in [-0.2, 0) is 4.79 Å². The van der Waals surface area contributed by atoms with E-state index in [4.69, 9.17) is 19.9 Å². The number of nitrogens with one attached hydrogen (secondary N) is 1. The van der Waals surface area contributed by atoms with E-state index in [9.17, 15) is 4.79 Å². The summed E-state index contributed by atoms with van der Waals surface area (Å²) in [5, 5.41) is 2.76. The summed E-state index contributed by atoms with van der Waals surface area (Å²) in [5.74, 6) is 1.03. The Hall–Kier alpha value is -1.95. The van der Waals surface area contributed by atoms with Crippen molar-refractivity contribution in [2.24, 2.45) is 11.7 Å². The van der Waals surface area contributed by atoms with E-state index >= 15 is 0 Å². The average molecular weight is 268 g/mol. The van der Waals surface area contributed by atoms with Gasteiger partial charge in [-0.1, -0.05) is 6.92 Å². The van der Waals surface area contributed by atoms with Crippen LogP contribution < -0.4 is 25.3 Å². The molecule has 106 valence electrons. The molecule has 0 bridgehead atoms. The zero-order valence-electron chi connectivity index (χ0n) is 11.6. The number of ether oxygens (including phenoxy) is 3. The maximum Gasteiger partial charge on any atom is 0.228 e. The zero-order chi connectivity index (χ0) is 14.4. The molecule has 0 radical (unpaired) electrons. The molecule has 19 heavy (non-hydrogen) atoms. The van der Waals surface area contributed by atoms with E-state index in [2.05, 4.69) is 5.32 Å². The van der Waals surface area contributed by atoms with E-state index < -0.39 is 0 Å². The Balaban J connectivity index is 3.06. The molecule has 0 aliphatic heterocycles. The minimum absolute atomic E-state index is 0.156. The predicted molar refractivity (Wildman–Crippen MR) is 72.9 cm³/mol. The van der Waals surface area contributed by atoms with E-state index in [1.165, 1.54) is 21.3 Å². The maximum absolute atomic E-state index is 11.8. The first-order chi connectivity index (χ1) is 9.07. The van der Waals surface area contributed by atoms with Crippen molar-refractivity contribution >= 4 is 11.6 Å². The van der Waals surface area contributed by atoms with Crippen molar-refractivity contribution in [3.8, 4) is 17.2 Å². The van der Waals surface area contributed by atoms with Gasteiger partial charge in [0.05, 0.1) is 21.3 Å². The Morgan fingerprint density at radius 3 is 2.11 bits per heavy atom. The lowest BCUT2D eigenvalue weighted by Crippen LogP contribution is -2.26. The number of anilines is 1. The number of hydrogen-bond acceptors (Lipinski definition) is 5. The number of amides is 1. The smallest absolute Gasteiger partial charge is 0.228 e. The van der Waals surface area contributed by atoms with E-state index in [1.807, 2.05) is 0 Å². The van der Waals surface area contributed by atoms with Gasteiger partial charge in [0.2, 0.25) is 11.7 Å². The number of carbonyl (C=O) groups is 1. The van der Waals surface area contributed by atoms with Crippen LogP contribution in [0.25, 0.3) is 0 Å². The lowest BCUT2D eigenvalue weighted by molar-refractivity contribution is -0.119. The highest BCUT2D eigenvalue weighted by Crippen LogP contribution is 2.39. The highest BCUT2D eigenvalue weighted by molar-refractivity contribution is 5.93. The maximum atomic E-state index is 11.8. The van der Waals surface area contributed by atoms with E-state index in [0.717, 1.165) is 0 Å². The third-order valence-electron chi connectivity index (χ3n) is 2.73. The number of nitrogens with two attached hydrogens (primary N) is 1. The molecular formula is C13H20N2O4. The second-order valence-corrected chi connectivity index (χ2v) is 4.04. The summed E-state index contributed by atoms with van der Waals surface area (Å²) in [6.45, 7) is 2.05. The van der Waals surface area contributed by atoms with Gasteiger partial charge in [-0.25, -0.2) is 0 Å². The summed E-state index contributed by atoms with van der Waals surface area (Å²) >= 11 is 0. The van der Waals surface area contributed by atoms with Gasteiger partial charge in [0.1, 0.15) is 0 Å². The van der Waals surface area contributed by atoms with Gasteiger partial charge in [-0.2, -0.15) is 0 Å². The third-order valence-corrected chi connectivity index (χ3v) is 2.73. The van der Waals surface area contributed by atoms with Gasteiger partial charge in [0.25, 0.3) is 0 Å². The molecule has 0 saturated carbocycles. The minimum atomic E-state index is -0.265. The van der Waals surface area contributed by atoms with E-state index in [-0.39, 0.29) is 18.4 Å². The number of benzene rings is 1. The number of methoxy groups -OCH3 is 3. The molecule has 1 rings (SSSR count). The quantitative estimate of drug-likeness (QED) is 0.811.